The van der Waals surface area contributed by atoms with Crippen LogP contribution in [0.1, 0.15) is 36.8 Å². The third-order valence-corrected chi connectivity index (χ3v) is 6.99. The van der Waals surface area contributed by atoms with Gasteiger partial charge >= 0.3 is 0 Å². The molecule has 6 nitrogen and oxygen atoms in total. The van der Waals surface area contributed by atoms with Crippen molar-refractivity contribution in [3.63, 3.8) is 0 Å². The summed E-state index contributed by atoms with van der Waals surface area (Å²) in [6.07, 6.45) is 6.13. The molecule has 0 unspecified atom stereocenters. The SMILES string of the molecule is COc1cc(/C=C2/SC(=S)N(C3CCCC3)C2=O)ccc1OCC(=O)Nc1cccc(C)c1. The fraction of sp³-hybridized carbons (Fsp3) is 0.320. The summed E-state index contributed by atoms with van der Waals surface area (Å²) in [7, 11) is 1.54. The molecular formula is C25H26N2O4S2. The summed E-state index contributed by atoms with van der Waals surface area (Å²) < 4.78 is 11.8. The number of thiocarbonyl (C=S) groups is 1. The number of rotatable bonds is 7. The number of benzene rings is 2. The van der Waals surface area contributed by atoms with Crippen molar-refractivity contribution in [2.75, 3.05) is 19.0 Å². The smallest absolute Gasteiger partial charge is 0.266 e. The Hall–Kier alpha value is -2.84. The molecule has 1 aliphatic heterocycles. The average Bonchev–Trinajstić information content (AvgIpc) is 3.40. The number of anilines is 1. The van der Waals surface area contributed by atoms with Gasteiger partial charge in [0.1, 0.15) is 4.32 Å². The molecular weight excluding hydrogens is 456 g/mol. The lowest BCUT2D eigenvalue weighted by molar-refractivity contribution is -0.123. The molecule has 2 aliphatic rings. The number of thioether (sulfide) groups is 1. The maximum atomic E-state index is 12.9. The lowest BCUT2D eigenvalue weighted by atomic mass is 10.1. The molecule has 2 amide bonds. The van der Waals surface area contributed by atoms with Gasteiger partial charge in [-0.3, -0.25) is 14.5 Å². The Morgan fingerprint density at radius 1 is 1.21 bits per heavy atom. The molecule has 33 heavy (non-hydrogen) atoms. The average molecular weight is 483 g/mol. The van der Waals surface area contributed by atoms with Crippen molar-refractivity contribution in [3.05, 3.63) is 58.5 Å². The number of nitrogens with one attached hydrogen (secondary N) is 1. The number of ether oxygens (including phenoxy) is 2. The van der Waals surface area contributed by atoms with Crippen LogP contribution in [0.25, 0.3) is 6.08 Å². The summed E-state index contributed by atoms with van der Waals surface area (Å²) in [6, 6.07) is 13.1. The zero-order chi connectivity index (χ0) is 23.4. The maximum Gasteiger partial charge on any atom is 0.266 e. The van der Waals surface area contributed by atoms with Crippen LogP contribution in [0.4, 0.5) is 5.69 Å². The van der Waals surface area contributed by atoms with E-state index >= 15 is 0 Å². The first-order chi connectivity index (χ1) is 15.9. The highest BCUT2D eigenvalue weighted by atomic mass is 32.2. The Labute approximate surface area is 203 Å². The van der Waals surface area contributed by atoms with Gasteiger partial charge < -0.3 is 14.8 Å². The van der Waals surface area contributed by atoms with Gasteiger partial charge in [0.25, 0.3) is 11.8 Å². The molecule has 0 spiro atoms. The van der Waals surface area contributed by atoms with Gasteiger partial charge in [0.15, 0.2) is 18.1 Å². The molecule has 1 saturated heterocycles. The number of carbonyl (C=O) groups is 2. The normalized spacial score (nSPS) is 17.6. The van der Waals surface area contributed by atoms with Crippen molar-refractivity contribution in [1.29, 1.82) is 0 Å². The van der Waals surface area contributed by atoms with Crippen LogP contribution >= 0.6 is 24.0 Å². The highest BCUT2D eigenvalue weighted by molar-refractivity contribution is 8.26. The molecule has 0 radical (unpaired) electrons. The van der Waals surface area contributed by atoms with Crippen molar-refractivity contribution in [3.8, 4) is 11.5 Å². The van der Waals surface area contributed by atoms with Gasteiger partial charge in [0.2, 0.25) is 0 Å². The topological polar surface area (TPSA) is 67.9 Å². The fourth-order valence-electron chi connectivity index (χ4n) is 4.06. The van der Waals surface area contributed by atoms with E-state index in [1.165, 1.54) is 11.8 Å². The first-order valence-corrected chi connectivity index (χ1v) is 12.1. The Bertz CT molecular complexity index is 1110. The van der Waals surface area contributed by atoms with Crippen LogP contribution in [0.15, 0.2) is 47.4 Å². The first-order valence-electron chi connectivity index (χ1n) is 10.9. The van der Waals surface area contributed by atoms with Gasteiger partial charge in [-0.2, -0.15) is 0 Å². The van der Waals surface area contributed by atoms with Crippen LogP contribution in [0.2, 0.25) is 0 Å². The Morgan fingerprint density at radius 2 is 2.00 bits per heavy atom. The quantitative estimate of drug-likeness (QED) is 0.434. The lowest BCUT2D eigenvalue weighted by Gasteiger charge is -2.21. The molecule has 2 aromatic rings. The standard InChI is InChI=1S/C25H26N2O4S2/c1-16-6-5-7-18(12-16)26-23(28)15-31-20-11-10-17(13-21(20)30-2)14-22-24(29)27(25(32)33-22)19-8-3-4-9-19/h5-7,10-14,19H,3-4,8-9,15H2,1-2H3,(H,26,28)/b22-14+. The monoisotopic (exact) mass is 482 g/mol. The van der Waals surface area contributed by atoms with E-state index in [0.29, 0.717) is 20.7 Å². The van der Waals surface area contributed by atoms with Crippen molar-refractivity contribution in [2.45, 2.75) is 38.6 Å². The Balaban J connectivity index is 1.42. The number of hydrogen-bond donors (Lipinski definition) is 1. The number of amides is 2. The Kier molecular flexibility index (Phi) is 7.35. The summed E-state index contributed by atoms with van der Waals surface area (Å²) in [4.78, 5) is 27.6. The van der Waals surface area contributed by atoms with E-state index in [1.54, 1.807) is 24.1 Å². The van der Waals surface area contributed by atoms with Crippen LogP contribution in [0.5, 0.6) is 11.5 Å². The van der Waals surface area contributed by atoms with E-state index in [4.69, 9.17) is 21.7 Å². The second-order valence-electron chi connectivity index (χ2n) is 8.11. The van der Waals surface area contributed by atoms with Crippen molar-refractivity contribution in [1.82, 2.24) is 4.90 Å². The summed E-state index contributed by atoms with van der Waals surface area (Å²) in [5.41, 5.74) is 2.59. The predicted octanol–water partition coefficient (Wildman–Crippen LogP) is 5.16. The van der Waals surface area contributed by atoms with Crippen LogP contribution < -0.4 is 14.8 Å². The van der Waals surface area contributed by atoms with Crippen LogP contribution in [-0.4, -0.2) is 40.8 Å². The van der Waals surface area contributed by atoms with E-state index in [9.17, 15) is 9.59 Å². The molecule has 1 saturated carbocycles. The third-order valence-electron chi connectivity index (χ3n) is 5.66. The third kappa shape index (κ3) is 5.57. The summed E-state index contributed by atoms with van der Waals surface area (Å²) in [5.74, 6) is 0.650. The van der Waals surface area contributed by atoms with Crippen molar-refractivity contribution in [2.24, 2.45) is 0 Å². The number of methoxy groups -OCH3 is 1. The number of aryl methyl sites for hydroxylation is 1. The van der Waals surface area contributed by atoms with Crippen LogP contribution in [0.3, 0.4) is 0 Å². The van der Waals surface area contributed by atoms with Crippen molar-refractivity contribution >= 4 is 51.9 Å². The molecule has 0 aromatic heterocycles. The van der Waals surface area contributed by atoms with E-state index in [-0.39, 0.29) is 24.5 Å². The number of nitrogens with zero attached hydrogens (tertiary/aromatic N) is 1. The second-order valence-corrected chi connectivity index (χ2v) is 9.78. The van der Waals surface area contributed by atoms with E-state index in [2.05, 4.69) is 5.32 Å². The summed E-state index contributed by atoms with van der Waals surface area (Å²) in [6.45, 7) is 1.81. The lowest BCUT2D eigenvalue weighted by Crippen LogP contribution is -2.36. The van der Waals surface area contributed by atoms with Gasteiger partial charge in [0, 0.05) is 11.7 Å². The molecule has 172 valence electrons. The minimum absolute atomic E-state index is 0.0241. The molecule has 0 atom stereocenters. The molecule has 0 bridgehead atoms. The molecule has 8 heteroatoms. The van der Waals surface area contributed by atoms with Gasteiger partial charge in [-0.25, -0.2) is 0 Å². The predicted molar refractivity (Wildman–Crippen MR) is 136 cm³/mol. The summed E-state index contributed by atoms with van der Waals surface area (Å²) in [5, 5.41) is 2.81. The van der Waals surface area contributed by atoms with E-state index < -0.39 is 0 Å². The minimum atomic E-state index is -0.262. The maximum absolute atomic E-state index is 12.9. The fourth-order valence-corrected chi connectivity index (χ4v) is 5.47. The zero-order valence-electron chi connectivity index (χ0n) is 18.6. The van der Waals surface area contributed by atoms with E-state index in [0.717, 1.165) is 42.5 Å². The highest BCUT2D eigenvalue weighted by Crippen LogP contribution is 2.38. The largest absolute Gasteiger partial charge is 0.493 e. The zero-order valence-corrected chi connectivity index (χ0v) is 20.3. The second kappa shape index (κ2) is 10.4. The number of hydrogen-bond acceptors (Lipinski definition) is 6. The van der Waals surface area contributed by atoms with Crippen molar-refractivity contribution < 1.29 is 19.1 Å². The van der Waals surface area contributed by atoms with Gasteiger partial charge in [-0.15, -0.1) is 0 Å². The van der Waals surface area contributed by atoms with Crippen LogP contribution in [0, 0.1) is 6.92 Å². The Morgan fingerprint density at radius 3 is 2.73 bits per heavy atom. The van der Waals surface area contributed by atoms with Gasteiger partial charge in [0.05, 0.1) is 12.0 Å². The highest BCUT2D eigenvalue weighted by Gasteiger charge is 2.38. The van der Waals surface area contributed by atoms with Gasteiger partial charge in [-0.1, -0.05) is 55.0 Å². The summed E-state index contributed by atoms with van der Waals surface area (Å²) >= 11 is 6.82. The molecule has 1 heterocycles. The van der Waals surface area contributed by atoms with E-state index in [1.807, 2.05) is 43.3 Å². The van der Waals surface area contributed by atoms with Gasteiger partial charge in [-0.05, 0) is 61.2 Å². The van der Waals surface area contributed by atoms with Crippen LogP contribution in [-0.2, 0) is 9.59 Å². The minimum Gasteiger partial charge on any atom is -0.493 e. The number of carbonyl (C=O) groups excluding carboxylic acids is 2. The molecule has 2 fully saturated rings. The molecule has 1 aliphatic carbocycles. The molecule has 1 N–H and O–H groups in total. The molecule has 2 aromatic carbocycles. The molecule has 4 rings (SSSR count). The first kappa shape index (κ1) is 23.3.